The van der Waals surface area contributed by atoms with Gasteiger partial charge in [0.25, 0.3) is 0 Å². The first kappa shape index (κ1) is 20.6. The molecule has 2 aromatic rings. The molecule has 26 heavy (non-hydrogen) atoms. The number of ether oxygens (including phenoxy) is 2. The largest absolute Gasteiger partial charge is 0.490 e. The predicted octanol–water partition coefficient (Wildman–Crippen LogP) is 4.49. The lowest BCUT2D eigenvalue weighted by atomic mass is 10.1. The Labute approximate surface area is 161 Å². The fourth-order valence-electron chi connectivity index (χ4n) is 2.68. The number of aliphatic hydroxyl groups is 1. The highest BCUT2D eigenvalue weighted by molar-refractivity contribution is 6.32. The van der Waals surface area contributed by atoms with E-state index in [9.17, 15) is 0 Å². The molecule has 0 aliphatic rings. The Morgan fingerprint density at radius 2 is 1.92 bits per heavy atom. The van der Waals surface area contributed by atoms with Crippen molar-refractivity contribution in [2.75, 3.05) is 19.8 Å². The molecule has 142 valence electrons. The molecule has 0 amide bonds. The van der Waals surface area contributed by atoms with Crippen molar-refractivity contribution >= 4 is 11.6 Å². The van der Waals surface area contributed by atoms with Crippen LogP contribution in [0.5, 0.6) is 11.5 Å². The minimum Gasteiger partial charge on any atom is -0.490 e. The summed E-state index contributed by atoms with van der Waals surface area (Å²) in [5, 5.41) is 12.7. The molecule has 2 rings (SSSR count). The summed E-state index contributed by atoms with van der Waals surface area (Å²) in [6.45, 7) is 6.78. The second-order valence-electron chi connectivity index (χ2n) is 6.22. The maximum atomic E-state index is 8.82. The quantitative estimate of drug-likeness (QED) is 0.566. The van der Waals surface area contributed by atoms with Gasteiger partial charge in [-0.15, -0.1) is 0 Å². The lowest BCUT2D eigenvalue weighted by Crippen LogP contribution is -2.15. The molecule has 5 heteroatoms. The van der Waals surface area contributed by atoms with Crippen LogP contribution in [0.4, 0.5) is 0 Å². The summed E-state index contributed by atoms with van der Waals surface area (Å²) >= 11 is 6.46. The van der Waals surface area contributed by atoms with Crippen molar-refractivity contribution < 1.29 is 14.6 Å². The van der Waals surface area contributed by atoms with Gasteiger partial charge in [-0.1, -0.05) is 41.4 Å². The van der Waals surface area contributed by atoms with E-state index in [0.29, 0.717) is 36.3 Å². The third-order valence-corrected chi connectivity index (χ3v) is 4.21. The molecule has 0 heterocycles. The summed E-state index contributed by atoms with van der Waals surface area (Å²) < 4.78 is 11.7. The number of halogens is 1. The van der Waals surface area contributed by atoms with Crippen LogP contribution >= 0.6 is 11.6 Å². The Morgan fingerprint density at radius 3 is 2.65 bits per heavy atom. The topological polar surface area (TPSA) is 50.7 Å². The maximum absolute atomic E-state index is 8.82. The van der Waals surface area contributed by atoms with Crippen LogP contribution in [0.15, 0.2) is 36.4 Å². The average molecular weight is 378 g/mol. The van der Waals surface area contributed by atoms with Crippen LogP contribution in [0, 0.1) is 6.92 Å². The zero-order chi connectivity index (χ0) is 18.8. The van der Waals surface area contributed by atoms with Gasteiger partial charge in [-0.3, -0.25) is 0 Å². The molecule has 0 radical (unpaired) electrons. The highest BCUT2D eigenvalue weighted by Gasteiger charge is 2.13. The minimum absolute atomic E-state index is 0.231. The SMILES string of the molecule is CCOc1cc(CNCCCCO)cc(Cl)c1OCc1cccc(C)c1. The summed E-state index contributed by atoms with van der Waals surface area (Å²) in [4.78, 5) is 0. The molecule has 0 bridgehead atoms. The first-order valence-electron chi connectivity index (χ1n) is 9.09. The molecule has 0 spiro atoms. The van der Waals surface area contributed by atoms with Gasteiger partial charge in [-0.2, -0.15) is 0 Å². The molecule has 0 saturated heterocycles. The van der Waals surface area contributed by atoms with Gasteiger partial charge >= 0.3 is 0 Å². The van der Waals surface area contributed by atoms with Crippen LogP contribution in [0.3, 0.4) is 0 Å². The number of aliphatic hydroxyl groups excluding tert-OH is 1. The normalized spacial score (nSPS) is 10.8. The van der Waals surface area contributed by atoms with E-state index in [4.69, 9.17) is 26.2 Å². The number of benzene rings is 2. The van der Waals surface area contributed by atoms with E-state index in [-0.39, 0.29) is 6.61 Å². The molecule has 0 aromatic heterocycles. The van der Waals surface area contributed by atoms with Crippen molar-refractivity contribution in [1.82, 2.24) is 5.32 Å². The van der Waals surface area contributed by atoms with Gasteiger partial charge in [0.2, 0.25) is 0 Å². The van der Waals surface area contributed by atoms with Crippen molar-refractivity contribution in [2.45, 2.75) is 39.8 Å². The third-order valence-electron chi connectivity index (χ3n) is 3.93. The highest BCUT2D eigenvalue weighted by Crippen LogP contribution is 2.37. The molecule has 0 unspecified atom stereocenters. The van der Waals surface area contributed by atoms with E-state index >= 15 is 0 Å². The summed E-state index contributed by atoms with van der Waals surface area (Å²) in [6.07, 6.45) is 1.75. The maximum Gasteiger partial charge on any atom is 0.180 e. The summed E-state index contributed by atoms with van der Waals surface area (Å²) in [5.74, 6) is 1.25. The fourth-order valence-corrected chi connectivity index (χ4v) is 2.97. The van der Waals surface area contributed by atoms with Crippen LogP contribution < -0.4 is 14.8 Å². The molecule has 0 aliphatic carbocycles. The summed E-state index contributed by atoms with van der Waals surface area (Å²) in [6, 6.07) is 12.1. The highest BCUT2D eigenvalue weighted by atomic mass is 35.5. The number of unbranched alkanes of at least 4 members (excludes halogenated alkanes) is 1. The smallest absolute Gasteiger partial charge is 0.180 e. The zero-order valence-corrected chi connectivity index (χ0v) is 16.3. The monoisotopic (exact) mass is 377 g/mol. The Balaban J connectivity index is 2.05. The van der Waals surface area contributed by atoms with Crippen molar-refractivity contribution in [3.8, 4) is 11.5 Å². The molecule has 2 N–H and O–H groups in total. The van der Waals surface area contributed by atoms with Gasteiger partial charge in [-0.05, 0) is 56.5 Å². The van der Waals surface area contributed by atoms with E-state index in [0.717, 1.165) is 30.5 Å². The van der Waals surface area contributed by atoms with Crippen LogP contribution in [0.2, 0.25) is 5.02 Å². The predicted molar refractivity (Wildman–Crippen MR) is 106 cm³/mol. The first-order valence-corrected chi connectivity index (χ1v) is 9.47. The number of aryl methyl sites for hydroxylation is 1. The number of rotatable bonds is 11. The van der Waals surface area contributed by atoms with Crippen molar-refractivity contribution in [2.24, 2.45) is 0 Å². The van der Waals surface area contributed by atoms with Crippen LogP contribution in [0.25, 0.3) is 0 Å². The summed E-state index contributed by atoms with van der Waals surface area (Å²) in [5.41, 5.74) is 3.34. The fraction of sp³-hybridized carbons (Fsp3) is 0.429. The van der Waals surface area contributed by atoms with Crippen molar-refractivity contribution in [3.05, 3.63) is 58.1 Å². The number of hydrogen-bond donors (Lipinski definition) is 2. The minimum atomic E-state index is 0.231. The van der Waals surface area contributed by atoms with Crippen molar-refractivity contribution in [3.63, 3.8) is 0 Å². The molecule has 0 fully saturated rings. The molecule has 4 nitrogen and oxygen atoms in total. The van der Waals surface area contributed by atoms with Gasteiger partial charge < -0.3 is 19.9 Å². The van der Waals surface area contributed by atoms with E-state index < -0.39 is 0 Å². The van der Waals surface area contributed by atoms with Gasteiger partial charge in [0.15, 0.2) is 11.5 Å². The van der Waals surface area contributed by atoms with E-state index in [1.165, 1.54) is 5.56 Å². The molecule has 0 aliphatic heterocycles. The molecule has 2 aromatic carbocycles. The lowest BCUT2D eigenvalue weighted by molar-refractivity contribution is 0.269. The van der Waals surface area contributed by atoms with Gasteiger partial charge in [0.1, 0.15) is 6.61 Å². The molecular weight excluding hydrogens is 350 g/mol. The molecule has 0 atom stereocenters. The Hall–Kier alpha value is -1.75. The third kappa shape index (κ3) is 6.52. The Kier molecular flexibility index (Phi) is 8.75. The molecule has 0 saturated carbocycles. The van der Waals surface area contributed by atoms with Crippen molar-refractivity contribution in [1.29, 1.82) is 0 Å². The lowest BCUT2D eigenvalue weighted by Gasteiger charge is -2.16. The van der Waals surface area contributed by atoms with Crippen LogP contribution in [-0.2, 0) is 13.2 Å². The standard InChI is InChI=1S/C21H28ClNO3/c1-3-25-20-13-18(14-23-9-4-5-10-24)12-19(22)21(20)26-15-17-8-6-7-16(2)11-17/h6-8,11-13,23-24H,3-5,9-10,14-15H2,1-2H3. The summed E-state index contributed by atoms with van der Waals surface area (Å²) in [7, 11) is 0. The molecular formula is C21H28ClNO3. The van der Waals surface area contributed by atoms with Crippen LogP contribution in [0.1, 0.15) is 36.5 Å². The van der Waals surface area contributed by atoms with E-state index in [1.807, 2.05) is 31.2 Å². The Bertz CT molecular complexity index is 691. The van der Waals surface area contributed by atoms with Crippen LogP contribution in [-0.4, -0.2) is 24.9 Å². The Morgan fingerprint density at radius 1 is 1.08 bits per heavy atom. The second-order valence-corrected chi connectivity index (χ2v) is 6.63. The van der Waals surface area contributed by atoms with Gasteiger partial charge in [-0.25, -0.2) is 0 Å². The zero-order valence-electron chi connectivity index (χ0n) is 15.6. The second kappa shape index (κ2) is 11.1. The number of hydrogen-bond acceptors (Lipinski definition) is 4. The number of nitrogens with one attached hydrogen (secondary N) is 1. The van der Waals surface area contributed by atoms with E-state index in [1.54, 1.807) is 0 Å². The van der Waals surface area contributed by atoms with Gasteiger partial charge in [0.05, 0.1) is 11.6 Å². The van der Waals surface area contributed by atoms with Gasteiger partial charge in [0, 0.05) is 13.2 Å². The van der Waals surface area contributed by atoms with E-state index in [2.05, 4.69) is 24.4 Å². The first-order chi connectivity index (χ1) is 12.6. The average Bonchev–Trinajstić information content (AvgIpc) is 2.61.